The Morgan fingerprint density at radius 2 is 2.05 bits per heavy atom. The van der Waals surface area contributed by atoms with Crippen molar-refractivity contribution in [2.24, 2.45) is 0 Å². The fourth-order valence-corrected chi connectivity index (χ4v) is 2.41. The summed E-state index contributed by atoms with van der Waals surface area (Å²) in [6.45, 7) is 6.62. The van der Waals surface area contributed by atoms with Gasteiger partial charge in [0.25, 0.3) is 0 Å². The molecule has 0 amide bonds. The van der Waals surface area contributed by atoms with Gasteiger partial charge in [-0.15, -0.1) is 10.2 Å². The highest BCUT2D eigenvalue weighted by molar-refractivity contribution is 5.55. The maximum atomic E-state index is 5.75. The summed E-state index contributed by atoms with van der Waals surface area (Å²) in [5.74, 6) is 1.30. The van der Waals surface area contributed by atoms with Crippen molar-refractivity contribution in [1.82, 2.24) is 15.5 Å². The number of aromatic nitrogens is 2. The largest absolute Gasteiger partial charge is 0.421 e. The van der Waals surface area contributed by atoms with Gasteiger partial charge < -0.3 is 14.5 Å². The first-order valence-corrected chi connectivity index (χ1v) is 7.48. The summed E-state index contributed by atoms with van der Waals surface area (Å²) in [5, 5.41) is 11.7. The van der Waals surface area contributed by atoms with Crippen molar-refractivity contribution in [2.75, 3.05) is 6.54 Å². The Labute approximate surface area is 124 Å². The number of hydrogen-bond donors (Lipinski definition) is 1. The molecule has 112 valence electrons. The maximum absolute atomic E-state index is 5.75. The molecule has 2 aromatic rings. The number of nitrogens with zero attached hydrogens (tertiary/aromatic N) is 2. The molecule has 0 fully saturated rings. The van der Waals surface area contributed by atoms with E-state index in [2.05, 4.69) is 41.5 Å². The minimum Gasteiger partial charge on any atom is -0.421 e. The molecule has 0 spiro atoms. The first-order chi connectivity index (χ1) is 10.2. The lowest BCUT2D eigenvalue weighted by atomic mass is 10.1. The van der Waals surface area contributed by atoms with Crippen molar-refractivity contribution in [3.63, 3.8) is 0 Å². The second-order valence-electron chi connectivity index (χ2n) is 5.69. The number of benzene rings is 1. The quantitative estimate of drug-likeness (QED) is 0.828. The summed E-state index contributed by atoms with van der Waals surface area (Å²) in [4.78, 5) is 0. The zero-order chi connectivity index (χ0) is 14.7. The summed E-state index contributed by atoms with van der Waals surface area (Å²) < 4.78 is 11.2. The highest BCUT2D eigenvalue weighted by Gasteiger charge is 2.14. The van der Waals surface area contributed by atoms with Crippen LogP contribution in [-0.4, -0.2) is 22.8 Å². The number of aryl methyl sites for hydroxylation is 1. The molecule has 1 N–H and O–H groups in total. The number of fused-ring (bicyclic) bond motifs is 1. The van der Waals surface area contributed by atoms with E-state index < -0.39 is 0 Å². The lowest BCUT2D eigenvalue weighted by Crippen LogP contribution is -2.23. The molecule has 0 aliphatic carbocycles. The zero-order valence-electron chi connectivity index (χ0n) is 12.6. The van der Waals surface area contributed by atoms with E-state index in [-0.39, 0.29) is 0 Å². The highest BCUT2D eigenvalue weighted by atomic mass is 16.5. The van der Waals surface area contributed by atoms with Crippen molar-refractivity contribution in [1.29, 1.82) is 0 Å². The summed E-state index contributed by atoms with van der Waals surface area (Å²) >= 11 is 0. The number of nitrogens with one attached hydrogen (secondary N) is 1. The van der Waals surface area contributed by atoms with Crippen LogP contribution < -0.4 is 5.32 Å². The van der Waals surface area contributed by atoms with Crippen LogP contribution in [0.25, 0.3) is 11.5 Å². The predicted molar refractivity (Wildman–Crippen MR) is 79.7 cm³/mol. The van der Waals surface area contributed by atoms with Gasteiger partial charge in [-0.05, 0) is 36.2 Å². The first-order valence-electron chi connectivity index (χ1n) is 7.48. The van der Waals surface area contributed by atoms with Crippen molar-refractivity contribution < 1.29 is 9.15 Å². The molecule has 5 heteroatoms. The van der Waals surface area contributed by atoms with E-state index in [4.69, 9.17) is 9.15 Å². The van der Waals surface area contributed by atoms with E-state index in [0.29, 0.717) is 31.0 Å². The Bertz CT molecular complexity index is 607. The Morgan fingerprint density at radius 3 is 2.90 bits per heavy atom. The Balaban J connectivity index is 1.62. The lowest BCUT2D eigenvalue weighted by Gasteiger charge is -2.05. The van der Waals surface area contributed by atoms with Gasteiger partial charge in [0, 0.05) is 18.0 Å². The van der Waals surface area contributed by atoms with Crippen molar-refractivity contribution >= 4 is 0 Å². The zero-order valence-corrected chi connectivity index (χ0v) is 12.6. The van der Waals surface area contributed by atoms with E-state index in [0.717, 1.165) is 24.9 Å². The summed E-state index contributed by atoms with van der Waals surface area (Å²) in [6, 6.07) is 6.69. The average Bonchev–Trinajstić information content (AvgIpc) is 3.11. The van der Waals surface area contributed by atoms with Crippen molar-refractivity contribution in [3.8, 4) is 11.5 Å². The van der Waals surface area contributed by atoms with E-state index in [1.54, 1.807) is 0 Å². The summed E-state index contributed by atoms with van der Waals surface area (Å²) in [5.41, 5.74) is 3.44. The van der Waals surface area contributed by atoms with Crippen molar-refractivity contribution in [2.45, 2.75) is 45.9 Å². The molecule has 1 aliphatic heterocycles. The monoisotopic (exact) mass is 287 g/mol. The SMILES string of the molecule is CC(C)NCCCc1nnc(-c2ccc3c(c2)COC3)o1. The van der Waals surface area contributed by atoms with Gasteiger partial charge in [-0.2, -0.15) is 0 Å². The minimum atomic E-state index is 0.511. The third-order valence-corrected chi connectivity index (χ3v) is 3.56. The van der Waals surface area contributed by atoms with Gasteiger partial charge in [-0.3, -0.25) is 0 Å². The molecule has 1 aromatic heterocycles. The molecule has 1 aromatic carbocycles. The Kier molecular flexibility index (Phi) is 4.31. The lowest BCUT2D eigenvalue weighted by molar-refractivity contribution is 0.134. The average molecular weight is 287 g/mol. The Morgan fingerprint density at radius 1 is 1.19 bits per heavy atom. The third kappa shape index (κ3) is 3.49. The van der Waals surface area contributed by atoms with E-state index in [1.807, 2.05) is 6.07 Å². The van der Waals surface area contributed by atoms with Crippen LogP contribution in [-0.2, 0) is 24.4 Å². The summed E-state index contributed by atoms with van der Waals surface area (Å²) in [7, 11) is 0. The van der Waals surface area contributed by atoms with Crippen LogP contribution in [0.4, 0.5) is 0 Å². The molecule has 0 atom stereocenters. The van der Waals surface area contributed by atoms with Crippen LogP contribution in [0.3, 0.4) is 0 Å². The van der Waals surface area contributed by atoms with E-state index >= 15 is 0 Å². The molecular formula is C16H21N3O2. The predicted octanol–water partition coefficient (Wildman–Crippen LogP) is 2.70. The highest BCUT2D eigenvalue weighted by Crippen LogP contribution is 2.26. The van der Waals surface area contributed by atoms with Gasteiger partial charge in [-0.1, -0.05) is 19.9 Å². The van der Waals surface area contributed by atoms with Gasteiger partial charge in [0.1, 0.15) is 0 Å². The van der Waals surface area contributed by atoms with Crippen LogP contribution in [0.1, 0.15) is 37.3 Å². The van der Waals surface area contributed by atoms with Crippen LogP contribution in [0, 0.1) is 0 Å². The minimum absolute atomic E-state index is 0.511. The number of rotatable bonds is 6. The molecule has 0 radical (unpaired) electrons. The van der Waals surface area contributed by atoms with Gasteiger partial charge in [-0.25, -0.2) is 0 Å². The molecule has 3 rings (SSSR count). The van der Waals surface area contributed by atoms with Crippen LogP contribution in [0.2, 0.25) is 0 Å². The Hall–Kier alpha value is -1.72. The fourth-order valence-electron chi connectivity index (χ4n) is 2.41. The molecule has 0 saturated heterocycles. The smallest absolute Gasteiger partial charge is 0.247 e. The number of hydrogen-bond acceptors (Lipinski definition) is 5. The molecule has 0 saturated carbocycles. The van der Waals surface area contributed by atoms with Crippen LogP contribution >= 0.6 is 0 Å². The second-order valence-corrected chi connectivity index (χ2v) is 5.69. The topological polar surface area (TPSA) is 60.2 Å². The molecule has 2 heterocycles. The summed E-state index contributed by atoms with van der Waals surface area (Å²) in [6.07, 6.45) is 1.80. The number of ether oxygens (including phenoxy) is 1. The second kappa shape index (κ2) is 6.37. The molecule has 0 bridgehead atoms. The van der Waals surface area contributed by atoms with Crippen LogP contribution in [0.15, 0.2) is 22.6 Å². The standard InChI is InChI=1S/C16H21N3O2/c1-11(2)17-7-3-4-15-18-19-16(21-15)12-5-6-13-9-20-10-14(13)8-12/h5-6,8,11,17H,3-4,7,9-10H2,1-2H3. The van der Waals surface area contributed by atoms with Crippen LogP contribution in [0.5, 0.6) is 0 Å². The fraction of sp³-hybridized carbons (Fsp3) is 0.500. The van der Waals surface area contributed by atoms with Gasteiger partial charge in [0.15, 0.2) is 0 Å². The molecule has 5 nitrogen and oxygen atoms in total. The van der Waals surface area contributed by atoms with Crippen molar-refractivity contribution in [3.05, 3.63) is 35.2 Å². The van der Waals surface area contributed by atoms with Gasteiger partial charge >= 0.3 is 0 Å². The van der Waals surface area contributed by atoms with Gasteiger partial charge in [0.2, 0.25) is 11.8 Å². The van der Waals surface area contributed by atoms with Gasteiger partial charge in [0.05, 0.1) is 13.2 Å². The molecule has 21 heavy (non-hydrogen) atoms. The molecule has 0 unspecified atom stereocenters. The van der Waals surface area contributed by atoms with E-state index in [1.165, 1.54) is 11.1 Å². The maximum Gasteiger partial charge on any atom is 0.247 e. The normalized spacial score (nSPS) is 13.9. The molecular weight excluding hydrogens is 266 g/mol. The molecule has 1 aliphatic rings. The van der Waals surface area contributed by atoms with E-state index in [9.17, 15) is 0 Å². The third-order valence-electron chi connectivity index (χ3n) is 3.56. The first kappa shape index (κ1) is 14.2.